The number of allylic oxidation sites excluding steroid dienone is 16. The lowest BCUT2D eigenvalue weighted by molar-refractivity contribution is 0.568. The minimum atomic E-state index is -0.0607. The van der Waals surface area contributed by atoms with Crippen LogP contribution in [-0.4, -0.2) is 0 Å². The zero-order chi connectivity index (χ0) is 56.6. The molecule has 0 saturated carbocycles. The summed E-state index contributed by atoms with van der Waals surface area (Å²) in [4.78, 5) is 0. The molecule has 0 radical (unpaired) electrons. The van der Waals surface area contributed by atoms with Gasteiger partial charge in [0, 0.05) is 23.7 Å². The molecule has 0 amide bonds. The van der Waals surface area contributed by atoms with Crippen molar-refractivity contribution in [3.05, 3.63) is 237 Å². The fourth-order valence-corrected chi connectivity index (χ4v) is 16.3. The van der Waals surface area contributed by atoms with E-state index >= 15 is 0 Å². The Morgan fingerprint density at radius 3 is 1.15 bits per heavy atom. The predicted molar refractivity (Wildman–Crippen MR) is 353 cm³/mol. The van der Waals surface area contributed by atoms with Gasteiger partial charge in [-0.1, -0.05) is 235 Å². The first-order chi connectivity index (χ1) is 39.0. The molecule has 0 aliphatic heterocycles. The molecule has 8 aromatic rings. The monoisotopic (exact) mass is 1060 g/mol. The van der Waals surface area contributed by atoms with Gasteiger partial charge in [-0.25, -0.2) is 0 Å². The minimum absolute atomic E-state index is 0.0607. The third kappa shape index (κ3) is 6.85. The van der Waals surface area contributed by atoms with E-state index < -0.39 is 0 Å². The maximum atomic E-state index is 2.67. The molecule has 4 unspecified atom stereocenters. The van der Waals surface area contributed by atoms with Crippen molar-refractivity contribution in [3.8, 4) is 55.6 Å². The van der Waals surface area contributed by atoms with Crippen molar-refractivity contribution in [2.45, 2.75) is 119 Å². The van der Waals surface area contributed by atoms with Crippen LogP contribution in [0.3, 0.4) is 0 Å². The highest BCUT2D eigenvalue weighted by Crippen LogP contribution is 2.68. The molecule has 0 saturated heterocycles. The van der Waals surface area contributed by atoms with E-state index in [1.807, 2.05) is 0 Å². The van der Waals surface area contributed by atoms with Gasteiger partial charge in [0.05, 0.1) is 0 Å². The lowest BCUT2D eigenvalue weighted by atomic mass is 9.62. The minimum Gasteiger partial charge on any atom is -0.0767 e. The maximum absolute atomic E-state index is 2.67. The van der Waals surface area contributed by atoms with Crippen LogP contribution in [-0.2, 0) is 21.7 Å². The van der Waals surface area contributed by atoms with Crippen LogP contribution in [0.15, 0.2) is 170 Å². The van der Waals surface area contributed by atoms with Crippen LogP contribution in [0.25, 0.3) is 111 Å². The molecule has 8 aliphatic rings. The van der Waals surface area contributed by atoms with E-state index in [0.29, 0.717) is 11.8 Å². The summed E-state index contributed by atoms with van der Waals surface area (Å²) in [6.45, 7) is 33.3. The summed E-state index contributed by atoms with van der Waals surface area (Å²) in [5.41, 5.74) is 38.6. The average Bonchev–Trinajstić information content (AvgIpc) is 1.72. The molecule has 16 rings (SSSR count). The molecule has 0 spiro atoms. The topological polar surface area (TPSA) is 0 Å². The van der Waals surface area contributed by atoms with Crippen molar-refractivity contribution in [3.63, 3.8) is 0 Å². The number of benzene rings is 8. The van der Waals surface area contributed by atoms with Crippen molar-refractivity contribution >= 4 is 55.0 Å². The highest BCUT2D eigenvalue weighted by molar-refractivity contribution is 6.26. The Morgan fingerprint density at radius 1 is 0.293 bits per heavy atom. The summed E-state index contributed by atoms with van der Waals surface area (Å²) in [5, 5.41) is 5.55. The lowest BCUT2D eigenvalue weighted by Crippen LogP contribution is -2.25. The average molecular weight is 1060 g/mol. The summed E-state index contributed by atoms with van der Waals surface area (Å²) in [7, 11) is 0. The highest BCUT2D eigenvalue weighted by Gasteiger charge is 2.50. The molecule has 0 N–H and O–H groups in total. The first-order valence-corrected chi connectivity index (χ1v) is 30.5. The van der Waals surface area contributed by atoms with Gasteiger partial charge in [-0.05, 0) is 231 Å². The molecule has 8 aromatic carbocycles. The summed E-state index contributed by atoms with van der Waals surface area (Å²) in [6.07, 6.45) is 24.7. The van der Waals surface area contributed by atoms with Gasteiger partial charge >= 0.3 is 0 Å². The molecule has 0 fully saturated rings. The Morgan fingerprint density at radius 2 is 0.683 bits per heavy atom. The molecular weight excluding hydrogens is 985 g/mol. The molecule has 8 aliphatic carbocycles. The smallest absolute Gasteiger partial charge is 0.0212 e. The molecule has 0 heterocycles. The number of hydrogen-bond acceptors (Lipinski definition) is 0. The van der Waals surface area contributed by atoms with Crippen LogP contribution in [0.5, 0.6) is 0 Å². The molecule has 0 nitrogen and oxygen atoms in total. The number of rotatable bonds is 3. The van der Waals surface area contributed by atoms with E-state index in [-0.39, 0.29) is 33.5 Å². The van der Waals surface area contributed by atoms with Gasteiger partial charge in [-0.15, -0.1) is 0 Å². The lowest BCUT2D eigenvalue weighted by Gasteiger charge is -2.40. The molecule has 0 aromatic heterocycles. The Kier molecular flexibility index (Phi) is 10.0. The normalized spacial score (nSPS) is 20.2. The SMILES string of the molecule is Cc1cccc(C)c1-c1ccc2c(c1)-c1ccc3c4c(ccc-2c14)C1=CC=C2c4c(c(-c5cc(C(C)(C)C)cc(C(C)(C)C)c5)c5cc6c(cc5c4-c4cc(C(C)(C)C)cc(C(C)(C)C)c4)C4=CC=CC5C=CC=C6C45)C4=CC=C3C1C24. The second-order valence-electron chi connectivity index (χ2n) is 29.7. The van der Waals surface area contributed by atoms with Crippen LogP contribution in [0, 0.1) is 37.5 Å². The summed E-state index contributed by atoms with van der Waals surface area (Å²) in [5.74, 6) is 0.999. The molecule has 82 heavy (non-hydrogen) atoms. The van der Waals surface area contributed by atoms with Crippen molar-refractivity contribution in [2.75, 3.05) is 0 Å². The summed E-state index contributed by atoms with van der Waals surface area (Å²) in [6, 6.07) is 44.6. The second kappa shape index (κ2) is 16.5. The second-order valence-corrected chi connectivity index (χ2v) is 29.7. The van der Waals surface area contributed by atoms with Gasteiger partial charge in [0.1, 0.15) is 0 Å². The predicted octanol–water partition coefficient (Wildman–Crippen LogP) is 22.1. The fraction of sp³-hybridized carbons (Fsp3) is 0.268. The van der Waals surface area contributed by atoms with Crippen molar-refractivity contribution in [1.82, 2.24) is 0 Å². The third-order valence-electron chi connectivity index (χ3n) is 20.5. The quantitative estimate of drug-likeness (QED) is 0.165. The third-order valence-corrected chi connectivity index (χ3v) is 20.5. The van der Waals surface area contributed by atoms with E-state index in [1.54, 1.807) is 0 Å². The largest absolute Gasteiger partial charge is 0.0767 e. The van der Waals surface area contributed by atoms with Crippen molar-refractivity contribution in [1.29, 1.82) is 0 Å². The van der Waals surface area contributed by atoms with Gasteiger partial charge in [0.15, 0.2) is 0 Å². The van der Waals surface area contributed by atoms with Crippen LogP contribution >= 0.6 is 0 Å². The summed E-state index contributed by atoms with van der Waals surface area (Å²) < 4.78 is 0. The van der Waals surface area contributed by atoms with Crippen LogP contribution in [0.2, 0.25) is 0 Å². The van der Waals surface area contributed by atoms with Gasteiger partial charge in [-0.2, -0.15) is 0 Å². The van der Waals surface area contributed by atoms with Crippen LogP contribution < -0.4 is 0 Å². The van der Waals surface area contributed by atoms with Crippen LogP contribution in [0.1, 0.15) is 150 Å². The Bertz CT molecular complexity index is 4310. The number of hydrogen-bond donors (Lipinski definition) is 0. The molecule has 0 heteroatoms. The summed E-state index contributed by atoms with van der Waals surface area (Å²) >= 11 is 0. The zero-order valence-electron chi connectivity index (χ0n) is 50.5. The molecule has 4 atom stereocenters. The zero-order valence-corrected chi connectivity index (χ0v) is 50.5. The number of fused-ring (bicyclic) bond motifs is 12. The van der Waals surface area contributed by atoms with Gasteiger partial charge < -0.3 is 0 Å². The van der Waals surface area contributed by atoms with Gasteiger partial charge in [0.25, 0.3) is 0 Å². The van der Waals surface area contributed by atoms with E-state index in [4.69, 9.17) is 0 Å². The fourth-order valence-electron chi connectivity index (χ4n) is 16.3. The molecule has 402 valence electrons. The first-order valence-electron chi connectivity index (χ1n) is 30.5. The number of aryl methyl sites for hydroxylation is 2. The highest BCUT2D eigenvalue weighted by atomic mass is 14.5. The van der Waals surface area contributed by atoms with Crippen molar-refractivity contribution in [2.24, 2.45) is 23.7 Å². The molecule has 0 bridgehead atoms. The Hall–Kier alpha value is -7.80. The van der Waals surface area contributed by atoms with E-state index in [9.17, 15) is 0 Å². The standard InChI is InChI=1S/C82H74/c1-43-18-15-19-44(2)69(43)46-24-25-53-56-26-27-57-59-30-32-62-76-63(33-31-60(75(59)76)58-28-29-61(64(53)38-46)73(56)74(57)58)78-72(48-36-51(81(9,10)11)40-52(37-48)82(12,13)14)68-42-66-55-23-17-21-45-20-16-22-54(70(45)55)65(66)41-67(68)71(77(62)78)47-34-49(79(3,4)5)39-50(35-47)80(6,7)8/h15-42,45,70,75-76H,1-14H3. The Balaban J connectivity index is 1.02. The van der Waals surface area contributed by atoms with Crippen LogP contribution in [0.4, 0.5) is 0 Å². The van der Waals surface area contributed by atoms with E-state index in [1.165, 1.54) is 177 Å². The maximum Gasteiger partial charge on any atom is 0.0212 e. The van der Waals surface area contributed by atoms with Gasteiger partial charge in [-0.3, -0.25) is 0 Å². The first kappa shape index (κ1) is 50.0. The van der Waals surface area contributed by atoms with Crippen molar-refractivity contribution < 1.29 is 0 Å². The molecular formula is C82H74. The van der Waals surface area contributed by atoms with E-state index in [2.05, 4.69) is 267 Å². The van der Waals surface area contributed by atoms with Gasteiger partial charge in [0.2, 0.25) is 0 Å². The van der Waals surface area contributed by atoms with E-state index in [0.717, 1.165) is 0 Å². The Labute approximate surface area is 486 Å².